The highest BCUT2D eigenvalue weighted by Crippen LogP contribution is 2.67. The summed E-state index contributed by atoms with van der Waals surface area (Å²) in [5.74, 6) is -16.5. The lowest BCUT2D eigenvalue weighted by Crippen LogP contribution is -2.48. The quantitative estimate of drug-likeness (QED) is 0.0355. The van der Waals surface area contributed by atoms with E-state index in [9.17, 15) is 0 Å². The van der Waals surface area contributed by atoms with Gasteiger partial charge >= 0.3 is 17.8 Å². The molecule has 6 aromatic rings. The molecule has 0 atom stereocenters. The van der Waals surface area contributed by atoms with E-state index in [1.54, 1.807) is 62.8 Å². The van der Waals surface area contributed by atoms with Crippen LogP contribution in [0.1, 0.15) is 103 Å². The highest BCUT2D eigenvalue weighted by Gasteiger charge is 2.80. The van der Waals surface area contributed by atoms with E-state index in [2.05, 4.69) is 0 Å². The molecule has 1 aliphatic rings. The summed E-state index contributed by atoms with van der Waals surface area (Å²) in [6.07, 6.45) is 0. The number of methoxy groups -OCH3 is 2. The molecule has 0 saturated carbocycles. The predicted molar refractivity (Wildman–Crippen MR) is 314 cm³/mol. The first kappa shape index (κ1) is 63.9. The standard InChI is InChI=1S/C65H78F6O8S2/c1-59(2,3)47-21-17-45(18-22-47)57-51(41-53(80-57)43-13-25-49(26-14-43)61(7,8)78-39-37-76-35-33-74-31-29-72-11)55-56(64(68,69)65(70,71)63(55,66)67)52-42-54(81-58(52)46-19-23-48(24-20-46)60(4,5)6)44-15-27-50(28-16-44)62(9,10)79-40-38-77-36-34-75-32-30-73-12/h13-28,41-42H,29-40H2,1-12H3. The maximum Gasteiger partial charge on any atom is 0.380 e. The molecular formula is C65H78F6O8S2. The molecule has 81 heavy (non-hydrogen) atoms. The van der Waals surface area contributed by atoms with Gasteiger partial charge in [0.1, 0.15) is 0 Å². The van der Waals surface area contributed by atoms with E-state index in [1.807, 2.05) is 118 Å². The van der Waals surface area contributed by atoms with Crippen LogP contribution in [0.3, 0.4) is 0 Å². The molecule has 0 saturated heterocycles. The Hall–Kier alpha value is -4.72. The van der Waals surface area contributed by atoms with Crippen molar-refractivity contribution >= 4 is 33.8 Å². The zero-order valence-electron chi connectivity index (χ0n) is 48.7. The van der Waals surface area contributed by atoms with Crippen molar-refractivity contribution in [1.82, 2.24) is 0 Å². The van der Waals surface area contributed by atoms with Crippen LogP contribution >= 0.6 is 22.7 Å². The highest BCUT2D eigenvalue weighted by atomic mass is 32.1. The van der Waals surface area contributed by atoms with Crippen molar-refractivity contribution in [1.29, 1.82) is 0 Å². The lowest BCUT2D eigenvalue weighted by molar-refractivity contribution is -0.254. The smallest absolute Gasteiger partial charge is 0.380 e. The number of ether oxygens (including phenoxy) is 8. The third kappa shape index (κ3) is 14.8. The van der Waals surface area contributed by atoms with Gasteiger partial charge in [-0.1, -0.05) is 139 Å². The third-order valence-corrected chi connectivity index (χ3v) is 16.9. The fourth-order valence-corrected chi connectivity index (χ4v) is 11.8. The molecule has 4 aromatic carbocycles. The number of benzene rings is 4. The maximum atomic E-state index is 17.3. The molecule has 8 nitrogen and oxygen atoms in total. The summed E-state index contributed by atoms with van der Waals surface area (Å²) in [5, 5.41) is 0. The lowest BCUT2D eigenvalue weighted by atomic mass is 9.86. The van der Waals surface area contributed by atoms with Crippen LogP contribution < -0.4 is 0 Å². The lowest BCUT2D eigenvalue weighted by Gasteiger charge is -2.26. The first-order chi connectivity index (χ1) is 38.2. The molecule has 2 heterocycles. The Morgan fingerprint density at radius 2 is 0.630 bits per heavy atom. The Balaban J connectivity index is 1.31. The molecule has 1 aliphatic carbocycles. The van der Waals surface area contributed by atoms with E-state index >= 15 is 26.3 Å². The van der Waals surface area contributed by atoms with Crippen LogP contribution in [-0.4, -0.2) is 111 Å². The SMILES string of the molecule is COCCOCCOCCOC(C)(C)c1ccc(-c2cc(C3=C(c4cc(-c5ccc(C(C)(C)OCCOCCOCCOC)cc5)sc4-c4ccc(C(C)(C)C)cc4)C(F)(F)C(F)(F)C3(F)F)c(-c3ccc(C(C)(C)C)cc3)s2)cc1. The number of hydrogen-bond donors (Lipinski definition) is 0. The molecule has 16 heteroatoms. The second-order valence-electron chi connectivity index (χ2n) is 23.1. The van der Waals surface area contributed by atoms with Gasteiger partial charge in [-0.3, -0.25) is 0 Å². The van der Waals surface area contributed by atoms with E-state index < -0.39 is 51.2 Å². The van der Waals surface area contributed by atoms with Gasteiger partial charge in [-0.25, -0.2) is 0 Å². The van der Waals surface area contributed by atoms with Crippen molar-refractivity contribution in [3.8, 4) is 41.8 Å². The van der Waals surface area contributed by atoms with Crippen molar-refractivity contribution in [2.45, 2.75) is 109 Å². The zero-order valence-corrected chi connectivity index (χ0v) is 50.4. The van der Waals surface area contributed by atoms with Crippen LogP contribution in [0, 0.1) is 0 Å². The Morgan fingerprint density at radius 1 is 0.358 bits per heavy atom. The topological polar surface area (TPSA) is 73.8 Å². The summed E-state index contributed by atoms with van der Waals surface area (Å²) < 4.78 is 147. The Bertz CT molecular complexity index is 2800. The largest absolute Gasteiger partial charge is 0.382 e. The van der Waals surface area contributed by atoms with Crippen LogP contribution in [0.15, 0.2) is 109 Å². The second-order valence-corrected chi connectivity index (χ2v) is 25.2. The normalized spacial score (nSPS) is 15.5. The summed E-state index contributed by atoms with van der Waals surface area (Å²) in [6, 6.07) is 31.6. The number of rotatable bonds is 28. The number of hydrogen-bond acceptors (Lipinski definition) is 10. The van der Waals surface area contributed by atoms with Gasteiger partial charge in [0.2, 0.25) is 0 Å². The number of thiophene rings is 2. The molecule has 0 radical (unpaired) electrons. The molecule has 2 aromatic heterocycles. The van der Waals surface area contributed by atoms with E-state index in [0.29, 0.717) is 111 Å². The maximum absolute atomic E-state index is 17.3. The van der Waals surface area contributed by atoms with E-state index in [-0.39, 0.29) is 20.6 Å². The molecule has 7 rings (SSSR count). The second kappa shape index (κ2) is 26.5. The van der Waals surface area contributed by atoms with Crippen LogP contribution in [0.25, 0.3) is 52.9 Å². The summed E-state index contributed by atoms with van der Waals surface area (Å²) in [4.78, 5) is 1.13. The minimum atomic E-state index is -5.82. The van der Waals surface area contributed by atoms with Crippen molar-refractivity contribution in [2.75, 3.05) is 93.5 Å². The van der Waals surface area contributed by atoms with E-state index in [1.165, 1.54) is 12.1 Å². The molecule has 0 amide bonds. The fraction of sp³-hybridized carbons (Fsp3) is 0.477. The van der Waals surface area contributed by atoms with Gasteiger partial charge in [-0.05, 0) is 95.2 Å². The summed E-state index contributed by atoms with van der Waals surface area (Å²) in [6.45, 7) is 24.6. The molecule has 0 aliphatic heterocycles. The van der Waals surface area contributed by atoms with Crippen LogP contribution in [0.2, 0.25) is 0 Å². The van der Waals surface area contributed by atoms with Crippen LogP contribution in [-0.2, 0) is 59.9 Å². The number of alkyl halides is 6. The van der Waals surface area contributed by atoms with E-state index in [4.69, 9.17) is 37.9 Å². The van der Waals surface area contributed by atoms with Gasteiger partial charge in [0.25, 0.3) is 0 Å². The first-order valence-electron chi connectivity index (χ1n) is 27.3. The third-order valence-electron chi connectivity index (χ3n) is 14.4. The van der Waals surface area contributed by atoms with Gasteiger partial charge in [-0.15, -0.1) is 22.7 Å². The minimum Gasteiger partial charge on any atom is -0.382 e. The Morgan fingerprint density at radius 3 is 0.926 bits per heavy atom. The molecule has 0 bridgehead atoms. The van der Waals surface area contributed by atoms with Crippen molar-refractivity contribution in [2.24, 2.45) is 0 Å². The molecule has 0 N–H and O–H groups in total. The summed E-state index contributed by atoms with van der Waals surface area (Å²) in [7, 11) is 3.21. The molecule has 440 valence electrons. The van der Waals surface area contributed by atoms with Gasteiger partial charge in [-0.2, -0.15) is 26.3 Å². The van der Waals surface area contributed by atoms with Gasteiger partial charge < -0.3 is 37.9 Å². The molecule has 0 spiro atoms. The zero-order chi connectivity index (χ0) is 59.0. The van der Waals surface area contributed by atoms with Crippen LogP contribution in [0.4, 0.5) is 26.3 Å². The Kier molecular flexibility index (Phi) is 20.9. The fourth-order valence-electron chi connectivity index (χ4n) is 9.42. The van der Waals surface area contributed by atoms with Gasteiger partial charge in [0.15, 0.2) is 0 Å². The van der Waals surface area contributed by atoms with Crippen molar-refractivity contribution in [3.63, 3.8) is 0 Å². The van der Waals surface area contributed by atoms with Crippen LogP contribution in [0.5, 0.6) is 0 Å². The minimum absolute atomic E-state index is 0.147. The number of halogens is 6. The highest BCUT2D eigenvalue weighted by molar-refractivity contribution is 7.19. The first-order valence-corrected chi connectivity index (χ1v) is 29.0. The monoisotopic (exact) mass is 1160 g/mol. The van der Waals surface area contributed by atoms with E-state index in [0.717, 1.165) is 44.9 Å². The number of allylic oxidation sites excluding steroid dienone is 2. The Labute approximate surface area is 482 Å². The predicted octanol–water partition coefficient (Wildman–Crippen LogP) is 16.8. The molecular weight excluding hydrogens is 1090 g/mol. The summed E-state index contributed by atoms with van der Waals surface area (Å²) >= 11 is 2.16. The molecule has 0 fully saturated rings. The van der Waals surface area contributed by atoms with Crippen molar-refractivity contribution < 1.29 is 64.2 Å². The average Bonchev–Trinajstić information content (AvgIpc) is 2.78. The summed E-state index contributed by atoms with van der Waals surface area (Å²) in [5.41, 5.74) is -0.313. The molecule has 0 unspecified atom stereocenters. The van der Waals surface area contributed by atoms with Gasteiger partial charge in [0.05, 0.1) is 90.5 Å². The van der Waals surface area contributed by atoms with Crippen molar-refractivity contribution in [3.05, 3.63) is 143 Å². The average molecular weight is 1170 g/mol. The van der Waals surface area contributed by atoms with Gasteiger partial charge in [0, 0.05) is 56.0 Å².